The second kappa shape index (κ2) is 15.7. The van der Waals surface area contributed by atoms with Crippen molar-refractivity contribution in [2.75, 3.05) is 18.9 Å². The monoisotopic (exact) mass is 433 g/mol. The number of ether oxygens (including phenoxy) is 2. The van der Waals surface area contributed by atoms with Crippen LogP contribution in [0.4, 0.5) is 5.69 Å². The highest BCUT2D eigenvalue weighted by Crippen LogP contribution is 2.17. The zero-order valence-corrected chi connectivity index (χ0v) is 20.1. The van der Waals surface area contributed by atoms with Crippen LogP contribution < -0.4 is 5.73 Å². The molecule has 176 valence electrons. The van der Waals surface area contributed by atoms with E-state index in [1.807, 2.05) is 0 Å². The van der Waals surface area contributed by atoms with E-state index in [1.165, 1.54) is 31.7 Å². The van der Waals surface area contributed by atoms with Crippen LogP contribution in [-0.4, -0.2) is 25.2 Å². The first-order chi connectivity index (χ1) is 14.8. The predicted octanol–water partition coefficient (Wildman–Crippen LogP) is 6.80. The van der Waals surface area contributed by atoms with Crippen LogP contribution >= 0.6 is 0 Å². The number of hydrogen-bond donors (Lipinski definition) is 1. The number of unbranched alkanes of at least 4 members (excludes halogenated alkanes) is 6. The van der Waals surface area contributed by atoms with Gasteiger partial charge < -0.3 is 15.2 Å². The van der Waals surface area contributed by atoms with Crippen LogP contribution in [0.25, 0.3) is 0 Å². The van der Waals surface area contributed by atoms with Gasteiger partial charge in [-0.25, -0.2) is 9.59 Å². The van der Waals surface area contributed by atoms with Gasteiger partial charge >= 0.3 is 11.9 Å². The quantitative estimate of drug-likeness (QED) is 0.176. The molecular formula is C26H43NO4. The zero-order valence-electron chi connectivity index (χ0n) is 20.1. The molecule has 0 atom stereocenters. The highest BCUT2D eigenvalue weighted by Gasteiger charge is 2.20. The minimum absolute atomic E-state index is 0.182. The van der Waals surface area contributed by atoms with E-state index < -0.39 is 11.9 Å². The number of nitrogens with two attached hydrogens (primary N) is 1. The SMILES string of the molecule is CC(C)CCCCCCOC(=O)c1ccc(N)cc1C(=O)OCCCCCCC(C)C. The van der Waals surface area contributed by atoms with Gasteiger partial charge in [0.25, 0.3) is 0 Å². The molecule has 0 radical (unpaired) electrons. The Morgan fingerprint density at radius 3 is 1.65 bits per heavy atom. The Balaban J connectivity index is 2.41. The molecular weight excluding hydrogens is 390 g/mol. The fraction of sp³-hybridized carbons (Fsp3) is 0.692. The molecule has 5 nitrogen and oxygen atoms in total. The third-order valence-electron chi connectivity index (χ3n) is 5.30. The normalized spacial score (nSPS) is 11.2. The molecule has 31 heavy (non-hydrogen) atoms. The summed E-state index contributed by atoms with van der Waals surface area (Å²) in [6.07, 6.45) is 10.9. The van der Waals surface area contributed by atoms with E-state index in [-0.39, 0.29) is 11.1 Å². The lowest BCUT2D eigenvalue weighted by Crippen LogP contribution is -2.15. The van der Waals surface area contributed by atoms with E-state index >= 15 is 0 Å². The number of benzene rings is 1. The lowest BCUT2D eigenvalue weighted by molar-refractivity contribution is 0.0450. The van der Waals surface area contributed by atoms with Gasteiger partial charge in [-0.3, -0.25) is 0 Å². The van der Waals surface area contributed by atoms with Crippen molar-refractivity contribution in [3.05, 3.63) is 29.3 Å². The molecule has 0 heterocycles. The van der Waals surface area contributed by atoms with Gasteiger partial charge in [-0.15, -0.1) is 0 Å². The van der Waals surface area contributed by atoms with Crippen molar-refractivity contribution in [3.63, 3.8) is 0 Å². The molecule has 0 bridgehead atoms. The zero-order chi connectivity index (χ0) is 23.1. The summed E-state index contributed by atoms with van der Waals surface area (Å²) in [6, 6.07) is 4.64. The first-order valence-electron chi connectivity index (χ1n) is 12.0. The topological polar surface area (TPSA) is 78.6 Å². The standard InChI is InChI=1S/C26H43NO4/c1-20(2)13-9-5-7-11-17-30-25(28)23-16-15-22(27)19-24(23)26(29)31-18-12-8-6-10-14-21(3)4/h15-16,19-21H,5-14,17-18,27H2,1-4H3. The molecule has 0 saturated heterocycles. The van der Waals surface area contributed by atoms with E-state index in [0.29, 0.717) is 18.9 Å². The van der Waals surface area contributed by atoms with Gasteiger partial charge in [-0.05, 0) is 42.9 Å². The second-order valence-corrected chi connectivity index (χ2v) is 9.27. The van der Waals surface area contributed by atoms with E-state index in [9.17, 15) is 9.59 Å². The summed E-state index contributed by atoms with van der Waals surface area (Å²) in [7, 11) is 0. The summed E-state index contributed by atoms with van der Waals surface area (Å²) in [6.45, 7) is 9.61. The Labute approximate surface area is 189 Å². The molecule has 1 rings (SSSR count). The molecule has 5 heteroatoms. The number of carbonyl (C=O) groups is 2. The van der Waals surface area contributed by atoms with Gasteiger partial charge in [0.2, 0.25) is 0 Å². The van der Waals surface area contributed by atoms with Crippen LogP contribution in [0, 0.1) is 11.8 Å². The first kappa shape index (κ1) is 27.0. The van der Waals surface area contributed by atoms with Crippen molar-refractivity contribution in [2.45, 2.75) is 91.9 Å². The molecule has 0 saturated carbocycles. The Hall–Kier alpha value is -2.04. The molecule has 2 N–H and O–H groups in total. The van der Waals surface area contributed by atoms with Crippen LogP contribution in [0.5, 0.6) is 0 Å². The third kappa shape index (κ3) is 12.4. The van der Waals surface area contributed by atoms with Crippen LogP contribution in [0.15, 0.2) is 18.2 Å². The van der Waals surface area contributed by atoms with E-state index in [1.54, 1.807) is 12.1 Å². The maximum absolute atomic E-state index is 12.5. The van der Waals surface area contributed by atoms with E-state index in [2.05, 4.69) is 27.7 Å². The van der Waals surface area contributed by atoms with Crippen molar-refractivity contribution < 1.29 is 19.1 Å². The second-order valence-electron chi connectivity index (χ2n) is 9.27. The van der Waals surface area contributed by atoms with Crippen LogP contribution in [-0.2, 0) is 9.47 Å². The Morgan fingerprint density at radius 1 is 0.710 bits per heavy atom. The van der Waals surface area contributed by atoms with Crippen molar-refractivity contribution in [1.29, 1.82) is 0 Å². The fourth-order valence-electron chi connectivity index (χ4n) is 3.41. The Bertz CT molecular complexity index is 655. The molecule has 0 amide bonds. The van der Waals surface area contributed by atoms with Gasteiger partial charge in [0.1, 0.15) is 0 Å². The number of anilines is 1. The summed E-state index contributed by atoms with van der Waals surface area (Å²) in [5.41, 5.74) is 6.65. The van der Waals surface area contributed by atoms with Crippen molar-refractivity contribution in [3.8, 4) is 0 Å². The van der Waals surface area contributed by atoms with E-state index in [4.69, 9.17) is 15.2 Å². The summed E-state index contributed by atoms with van der Waals surface area (Å²) >= 11 is 0. The maximum atomic E-state index is 12.5. The molecule has 0 aliphatic heterocycles. The molecule has 0 aliphatic rings. The molecule has 0 fully saturated rings. The average molecular weight is 434 g/mol. The number of rotatable bonds is 16. The van der Waals surface area contributed by atoms with Gasteiger partial charge in [-0.1, -0.05) is 79.1 Å². The lowest BCUT2D eigenvalue weighted by Gasteiger charge is -2.11. The van der Waals surface area contributed by atoms with E-state index in [0.717, 1.165) is 50.4 Å². The minimum atomic E-state index is -0.518. The van der Waals surface area contributed by atoms with Gasteiger partial charge in [-0.2, -0.15) is 0 Å². The molecule has 0 aromatic heterocycles. The maximum Gasteiger partial charge on any atom is 0.339 e. The largest absolute Gasteiger partial charge is 0.462 e. The summed E-state index contributed by atoms with van der Waals surface area (Å²) in [4.78, 5) is 25.0. The van der Waals surface area contributed by atoms with Gasteiger partial charge in [0.05, 0.1) is 24.3 Å². The molecule has 0 spiro atoms. The highest BCUT2D eigenvalue weighted by atomic mass is 16.5. The highest BCUT2D eigenvalue weighted by molar-refractivity contribution is 6.03. The molecule has 1 aromatic rings. The molecule has 0 unspecified atom stereocenters. The van der Waals surface area contributed by atoms with Crippen molar-refractivity contribution >= 4 is 17.6 Å². The molecule has 1 aromatic carbocycles. The minimum Gasteiger partial charge on any atom is -0.462 e. The predicted molar refractivity (Wildman–Crippen MR) is 127 cm³/mol. The van der Waals surface area contributed by atoms with Crippen LogP contribution in [0.1, 0.15) is 113 Å². The summed E-state index contributed by atoms with van der Waals surface area (Å²) < 4.78 is 10.8. The fourth-order valence-corrected chi connectivity index (χ4v) is 3.41. The summed E-state index contributed by atoms with van der Waals surface area (Å²) in [5, 5.41) is 0. The lowest BCUT2D eigenvalue weighted by atomic mass is 10.0. The van der Waals surface area contributed by atoms with Crippen molar-refractivity contribution in [2.24, 2.45) is 11.8 Å². The Morgan fingerprint density at radius 2 is 1.16 bits per heavy atom. The summed E-state index contributed by atoms with van der Waals surface area (Å²) in [5.74, 6) is 0.439. The smallest absolute Gasteiger partial charge is 0.339 e. The van der Waals surface area contributed by atoms with Crippen molar-refractivity contribution in [1.82, 2.24) is 0 Å². The average Bonchev–Trinajstić information content (AvgIpc) is 2.71. The molecule has 0 aliphatic carbocycles. The van der Waals surface area contributed by atoms with Crippen LogP contribution in [0.3, 0.4) is 0 Å². The third-order valence-corrected chi connectivity index (χ3v) is 5.30. The number of hydrogen-bond acceptors (Lipinski definition) is 5. The number of carbonyl (C=O) groups excluding carboxylic acids is 2. The Kier molecular flexibility index (Phi) is 13.7. The first-order valence-corrected chi connectivity index (χ1v) is 12.0. The van der Waals surface area contributed by atoms with Gasteiger partial charge in [0, 0.05) is 5.69 Å². The van der Waals surface area contributed by atoms with Crippen LogP contribution in [0.2, 0.25) is 0 Å². The number of esters is 2. The van der Waals surface area contributed by atoms with Gasteiger partial charge in [0.15, 0.2) is 0 Å². The number of nitrogen functional groups attached to an aromatic ring is 1.